The molecule has 3 nitrogen and oxygen atoms in total. The maximum absolute atomic E-state index is 11.9. The Morgan fingerprint density at radius 3 is 2.53 bits per heavy atom. The van der Waals surface area contributed by atoms with Crippen LogP contribution in [-0.2, 0) is 0 Å². The number of hydrogen-bond donors (Lipinski definition) is 2. The highest BCUT2D eigenvalue weighted by Crippen LogP contribution is 2.18. The molecule has 98 valence electrons. The molecule has 0 radical (unpaired) electrons. The van der Waals surface area contributed by atoms with Gasteiger partial charge in [-0.15, -0.1) is 0 Å². The van der Waals surface area contributed by atoms with Gasteiger partial charge in [-0.1, -0.05) is 39.7 Å². The van der Waals surface area contributed by atoms with Crippen LogP contribution >= 0.6 is 15.9 Å². The van der Waals surface area contributed by atoms with Gasteiger partial charge in [0.25, 0.3) is 0 Å². The second-order valence-corrected chi connectivity index (χ2v) is 5.32. The van der Waals surface area contributed by atoms with Crippen LogP contribution in [0.2, 0.25) is 0 Å². The summed E-state index contributed by atoms with van der Waals surface area (Å²) in [6.07, 6.45) is 0. The number of anilines is 2. The van der Waals surface area contributed by atoms with Crippen molar-refractivity contribution in [3.05, 3.63) is 58.1 Å². The molecule has 0 saturated heterocycles. The molecular formula is C15H15BrN2O. The van der Waals surface area contributed by atoms with E-state index in [1.165, 1.54) is 5.56 Å². The van der Waals surface area contributed by atoms with E-state index in [4.69, 9.17) is 0 Å². The van der Waals surface area contributed by atoms with Gasteiger partial charge in [0, 0.05) is 15.8 Å². The van der Waals surface area contributed by atoms with Crippen LogP contribution in [0.15, 0.2) is 46.9 Å². The second-order valence-electron chi connectivity index (χ2n) is 4.41. The van der Waals surface area contributed by atoms with Crippen molar-refractivity contribution < 1.29 is 4.79 Å². The van der Waals surface area contributed by atoms with Gasteiger partial charge in [-0.3, -0.25) is 0 Å². The summed E-state index contributed by atoms with van der Waals surface area (Å²) in [5.41, 5.74) is 3.79. The van der Waals surface area contributed by atoms with Gasteiger partial charge in [0.2, 0.25) is 0 Å². The minimum Gasteiger partial charge on any atom is -0.308 e. The first-order chi connectivity index (χ1) is 9.04. The van der Waals surface area contributed by atoms with E-state index in [1.54, 1.807) is 0 Å². The molecular weight excluding hydrogens is 304 g/mol. The van der Waals surface area contributed by atoms with E-state index in [0.29, 0.717) is 0 Å². The molecule has 19 heavy (non-hydrogen) atoms. The number of benzene rings is 2. The van der Waals surface area contributed by atoms with E-state index in [1.807, 2.05) is 56.3 Å². The number of rotatable bonds is 2. The summed E-state index contributed by atoms with van der Waals surface area (Å²) in [6.45, 7) is 4.00. The first kappa shape index (κ1) is 13.6. The average Bonchev–Trinajstić information content (AvgIpc) is 2.33. The van der Waals surface area contributed by atoms with Crippen LogP contribution in [0, 0.1) is 13.8 Å². The summed E-state index contributed by atoms with van der Waals surface area (Å²) in [6, 6.07) is 13.1. The molecule has 2 N–H and O–H groups in total. The van der Waals surface area contributed by atoms with Gasteiger partial charge < -0.3 is 10.6 Å². The number of carbonyl (C=O) groups is 1. The molecule has 2 rings (SSSR count). The first-order valence-corrected chi connectivity index (χ1v) is 6.75. The minimum absolute atomic E-state index is 0.245. The molecule has 0 unspecified atom stereocenters. The number of aryl methyl sites for hydroxylation is 2. The monoisotopic (exact) mass is 318 g/mol. The van der Waals surface area contributed by atoms with Gasteiger partial charge in [0.05, 0.1) is 0 Å². The normalized spacial score (nSPS) is 10.1. The van der Waals surface area contributed by atoms with Crippen molar-refractivity contribution in [3.63, 3.8) is 0 Å². The zero-order valence-electron chi connectivity index (χ0n) is 10.8. The lowest BCUT2D eigenvalue weighted by Crippen LogP contribution is -2.19. The topological polar surface area (TPSA) is 41.1 Å². The zero-order chi connectivity index (χ0) is 13.8. The van der Waals surface area contributed by atoms with Gasteiger partial charge in [-0.05, 0) is 43.7 Å². The fourth-order valence-electron chi connectivity index (χ4n) is 1.80. The molecule has 0 aromatic heterocycles. The van der Waals surface area contributed by atoms with Crippen LogP contribution in [0.4, 0.5) is 16.2 Å². The predicted octanol–water partition coefficient (Wildman–Crippen LogP) is 4.71. The molecule has 0 aliphatic rings. The van der Waals surface area contributed by atoms with E-state index < -0.39 is 0 Å². The summed E-state index contributed by atoms with van der Waals surface area (Å²) in [7, 11) is 0. The smallest absolute Gasteiger partial charge is 0.308 e. The number of carbonyl (C=O) groups excluding carboxylic acids is 1. The lowest BCUT2D eigenvalue weighted by Gasteiger charge is -2.10. The Balaban J connectivity index is 2.05. The zero-order valence-corrected chi connectivity index (χ0v) is 12.4. The Morgan fingerprint density at radius 2 is 1.84 bits per heavy atom. The molecule has 2 amide bonds. The number of nitrogens with one attached hydrogen (secondary N) is 2. The summed E-state index contributed by atoms with van der Waals surface area (Å²) in [5, 5.41) is 5.63. The summed E-state index contributed by atoms with van der Waals surface area (Å²) in [5.74, 6) is 0. The van der Waals surface area contributed by atoms with Crippen LogP contribution in [0.25, 0.3) is 0 Å². The van der Waals surface area contributed by atoms with Gasteiger partial charge >= 0.3 is 6.03 Å². The maximum atomic E-state index is 11.9. The highest BCUT2D eigenvalue weighted by atomic mass is 79.9. The van der Waals surface area contributed by atoms with E-state index in [-0.39, 0.29) is 6.03 Å². The van der Waals surface area contributed by atoms with Crippen molar-refractivity contribution in [1.29, 1.82) is 0 Å². The Hall–Kier alpha value is -1.81. The van der Waals surface area contributed by atoms with E-state index in [2.05, 4.69) is 26.6 Å². The summed E-state index contributed by atoms with van der Waals surface area (Å²) >= 11 is 3.37. The van der Waals surface area contributed by atoms with Crippen molar-refractivity contribution in [2.45, 2.75) is 13.8 Å². The minimum atomic E-state index is -0.245. The molecule has 4 heteroatoms. The summed E-state index contributed by atoms with van der Waals surface area (Å²) < 4.78 is 0.928. The number of halogens is 1. The molecule has 2 aromatic rings. The Kier molecular flexibility index (Phi) is 4.22. The van der Waals surface area contributed by atoms with Gasteiger partial charge in [0.15, 0.2) is 0 Å². The predicted molar refractivity (Wildman–Crippen MR) is 82.7 cm³/mol. The first-order valence-electron chi connectivity index (χ1n) is 5.95. The molecule has 0 aliphatic heterocycles. The SMILES string of the molecule is Cc1ccc(NC(=O)Nc2cccc(Br)c2)c(C)c1. The fraction of sp³-hybridized carbons (Fsp3) is 0.133. The molecule has 0 aliphatic carbocycles. The highest BCUT2D eigenvalue weighted by Gasteiger charge is 2.05. The third-order valence-electron chi connectivity index (χ3n) is 2.71. The molecule has 0 spiro atoms. The van der Waals surface area contributed by atoms with E-state index in [9.17, 15) is 4.79 Å². The fourth-order valence-corrected chi connectivity index (χ4v) is 2.20. The average molecular weight is 319 g/mol. The molecule has 0 atom stereocenters. The molecule has 0 heterocycles. The van der Waals surface area contributed by atoms with Crippen molar-refractivity contribution in [3.8, 4) is 0 Å². The van der Waals surface area contributed by atoms with Crippen LogP contribution < -0.4 is 10.6 Å². The van der Waals surface area contributed by atoms with Gasteiger partial charge in [-0.25, -0.2) is 4.79 Å². The number of urea groups is 1. The van der Waals surface area contributed by atoms with Crippen LogP contribution in [-0.4, -0.2) is 6.03 Å². The van der Waals surface area contributed by atoms with Crippen molar-refractivity contribution in [2.75, 3.05) is 10.6 Å². The Bertz CT molecular complexity index is 611. The quantitative estimate of drug-likeness (QED) is 0.827. The van der Waals surface area contributed by atoms with Crippen LogP contribution in [0.1, 0.15) is 11.1 Å². The van der Waals surface area contributed by atoms with Gasteiger partial charge in [-0.2, -0.15) is 0 Å². The third-order valence-corrected chi connectivity index (χ3v) is 3.21. The number of hydrogen-bond acceptors (Lipinski definition) is 1. The second kappa shape index (κ2) is 5.89. The van der Waals surface area contributed by atoms with Crippen molar-refractivity contribution in [2.24, 2.45) is 0 Å². The highest BCUT2D eigenvalue weighted by molar-refractivity contribution is 9.10. The maximum Gasteiger partial charge on any atom is 0.323 e. The van der Waals surface area contributed by atoms with E-state index in [0.717, 1.165) is 21.4 Å². The third kappa shape index (κ3) is 3.83. The molecule has 0 saturated carbocycles. The Morgan fingerprint density at radius 1 is 1.05 bits per heavy atom. The molecule has 2 aromatic carbocycles. The Labute approximate surface area is 121 Å². The van der Waals surface area contributed by atoms with Crippen LogP contribution in [0.3, 0.4) is 0 Å². The van der Waals surface area contributed by atoms with Crippen molar-refractivity contribution in [1.82, 2.24) is 0 Å². The van der Waals surface area contributed by atoms with Gasteiger partial charge in [0.1, 0.15) is 0 Å². The molecule has 0 fully saturated rings. The number of amides is 2. The van der Waals surface area contributed by atoms with E-state index >= 15 is 0 Å². The lowest BCUT2D eigenvalue weighted by molar-refractivity contribution is 0.262. The van der Waals surface area contributed by atoms with Crippen LogP contribution in [0.5, 0.6) is 0 Å². The molecule has 0 bridgehead atoms. The largest absolute Gasteiger partial charge is 0.323 e. The summed E-state index contributed by atoms with van der Waals surface area (Å²) in [4.78, 5) is 11.9. The lowest BCUT2D eigenvalue weighted by atomic mass is 10.1. The van der Waals surface area contributed by atoms with Crippen molar-refractivity contribution >= 4 is 33.3 Å². The standard InChI is InChI=1S/C15H15BrN2O/c1-10-6-7-14(11(2)8-10)18-15(19)17-13-5-3-4-12(16)9-13/h3-9H,1-2H3,(H2,17,18,19).